The molecule has 2 N–H and O–H groups in total. The van der Waals surface area contributed by atoms with E-state index in [0.29, 0.717) is 35.4 Å². The zero-order valence-electron chi connectivity index (χ0n) is 23.2. The van der Waals surface area contributed by atoms with E-state index in [1.54, 1.807) is 29.2 Å². The number of carbonyl (C=O) groups excluding carboxylic acids is 3. The number of nitrogens with zero attached hydrogens (tertiary/aromatic N) is 5. The highest BCUT2D eigenvalue weighted by molar-refractivity contribution is 6.05. The molecule has 4 heterocycles. The Bertz CT molecular complexity index is 1510. The van der Waals surface area contributed by atoms with Crippen LogP contribution in [0, 0.1) is 29.1 Å². The largest absolute Gasteiger partial charge is 0.468 e. The van der Waals surface area contributed by atoms with E-state index in [1.807, 2.05) is 6.92 Å². The van der Waals surface area contributed by atoms with Crippen LogP contribution in [0.5, 0.6) is 0 Å². The molecular weight excluding hydrogens is 555 g/mol. The summed E-state index contributed by atoms with van der Waals surface area (Å²) in [6.07, 6.45) is 2.13. The van der Waals surface area contributed by atoms with Crippen molar-refractivity contribution in [2.24, 2.45) is 29.1 Å². The van der Waals surface area contributed by atoms with Gasteiger partial charge in [0.05, 0.1) is 36.7 Å². The molecule has 11 nitrogen and oxygen atoms in total. The first-order valence-electron chi connectivity index (χ1n) is 14.2. The summed E-state index contributed by atoms with van der Waals surface area (Å²) < 4.78 is 49.7. The molecule has 3 atom stereocenters. The Balaban J connectivity index is 1.35. The third-order valence-corrected chi connectivity index (χ3v) is 8.84. The first-order chi connectivity index (χ1) is 20.1. The molecule has 2 unspecified atom stereocenters. The highest BCUT2D eigenvalue weighted by atomic mass is 19.4. The van der Waals surface area contributed by atoms with E-state index in [0.717, 1.165) is 32.8 Å². The smallest absolute Gasteiger partial charge is 0.395 e. The fraction of sp³-hybridized carbons (Fsp3) is 0.571. The van der Waals surface area contributed by atoms with Gasteiger partial charge in [-0.3, -0.25) is 19.1 Å². The molecule has 2 amide bonds. The lowest BCUT2D eigenvalue weighted by molar-refractivity contribution is -0.206. The molecule has 3 aromatic heterocycles. The summed E-state index contributed by atoms with van der Waals surface area (Å²) in [7, 11) is 0.958. The molecule has 3 fully saturated rings. The minimum absolute atomic E-state index is 0.0940. The summed E-state index contributed by atoms with van der Waals surface area (Å²) in [4.78, 5) is 43.7. The number of methoxy groups -OCH3 is 1. The Morgan fingerprint density at radius 3 is 2.52 bits per heavy atom. The highest BCUT2D eigenvalue weighted by Gasteiger charge is 2.66. The standard InChI is InChI=1S/C28H32F3N7O4/c1-3-37-19(10-11-33-37)24(39)35-23(22(15-4-5-15)16-6-7-16)18-14-38-21(34-18)9-8-17(36-38)12-27(26(41)42-2)20(28(29,30)31)13-32-25(27)40/h8-11,14-16,20,22-23H,3-7,12-13H2,1-2H3,(H,32,40)(H,35,39)/t20?,23-,27?/m1/s1. The Morgan fingerprint density at radius 2 is 1.90 bits per heavy atom. The number of esters is 1. The third kappa shape index (κ3) is 4.90. The molecule has 3 aliphatic rings. The highest BCUT2D eigenvalue weighted by Crippen LogP contribution is 2.54. The number of ether oxygens (including phenoxy) is 1. The molecule has 0 aromatic carbocycles. The fourth-order valence-electron chi connectivity index (χ4n) is 6.49. The second-order valence-corrected chi connectivity index (χ2v) is 11.5. The van der Waals surface area contributed by atoms with Gasteiger partial charge in [-0.2, -0.15) is 23.4 Å². The van der Waals surface area contributed by atoms with Crippen LogP contribution in [0.4, 0.5) is 13.2 Å². The van der Waals surface area contributed by atoms with E-state index in [2.05, 4.69) is 20.8 Å². The van der Waals surface area contributed by atoms with Gasteiger partial charge in [-0.1, -0.05) is 0 Å². The molecule has 1 aliphatic heterocycles. The molecule has 42 heavy (non-hydrogen) atoms. The van der Waals surface area contributed by atoms with Crippen LogP contribution in [0.1, 0.15) is 60.5 Å². The predicted molar refractivity (Wildman–Crippen MR) is 141 cm³/mol. The lowest BCUT2D eigenvalue weighted by Crippen LogP contribution is -2.50. The number of aromatic nitrogens is 5. The minimum Gasteiger partial charge on any atom is -0.468 e. The number of nitrogens with one attached hydrogen (secondary N) is 2. The van der Waals surface area contributed by atoms with Crippen molar-refractivity contribution in [3.05, 3.63) is 47.7 Å². The predicted octanol–water partition coefficient (Wildman–Crippen LogP) is 2.86. The van der Waals surface area contributed by atoms with Gasteiger partial charge in [-0.15, -0.1) is 0 Å². The van der Waals surface area contributed by atoms with Gasteiger partial charge >= 0.3 is 12.1 Å². The monoisotopic (exact) mass is 587 g/mol. The van der Waals surface area contributed by atoms with Gasteiger partial charge in [0.25, 0.3) is 5.91 Å². The number of aryl methyl sites for hydroxylation is 1. The molecule has 0 bridgehead atoms. The maximum absolute atomic E-state index is 14.0. The van der Waals surface area contributed by atoms with E-state index in [-0.39, 0.29) is 17.5 Å². The number of hydrogen-bond donors (Lipinski definition) is 2. The van der Waals surface area contributed by atoms with Crippen molar-refractivity contribution >= 4 is 23.4 Å². The van der Waals surface area contributed by atoms with Crippen LogP contribution in [0.25, 0.3) is 5.65 Å². The van der Waals surface area contributed by atoms with Gasteiger partial charge in [0.2, 0.25) is 5.91 Å². The van der Waals surface area contributed by atoms with Crippen molar-refractivity contribution in [3.8, 4) is 0 Å². The van der Waals surface area contributed by atoms with Crippen LogP contribution >= 0.6 is 0 Å². The maximum Gasteiger partial charge on any atom is 0.395 e. The molecule has 0 spiro atoms. The van der Waals surface area contributed by atoms with Crippen molar-refractivity contribution < 1.29 is 32.3 Å². The Hall–Kier alpha value is -3.97. The second-order valence-electron chi connectivity index (χ2n) is 11.5. The molecular formula is C28H32F3N7O4. The lowest BCUT2D eigenvalue weighted by Gasteiger charge is -2.30. The number of rotatable bonds is 10. The van der Waals surface area contributed by atoms with Crippen LogP contribution in [0.2, 0.25) is 0 Å². The average molecular weight is 588 g/mol. The maximum atomic E-state index is 14.0. The molecule has 14 heteroatoms. The van der Waals surface area contributed by atoms with E-state index < -0.39 is 48.4 Å². The van der Waals surface area contributed by atoms with Crippen molar-refractivity contribution in [3.63, 3.8) is 0 Å². The molecule has 0 radical (unpaired) electrons. The Labute approximate surface area is 239 Å². The summed E-state index contributed by atoms with van der Waals surface area (Å²) in [6.45, 7) is 1.72. The van der Waals surface area contributed by atoms with Gasteiger partial charge in [0.1, 0.15) is 5.69 Å². The van der Waals surface area contributed by atoms with Gasteiger partial charge in [0.15, 0.2) is 11.1 Å². The number of alkyl halides is 3. The number of imidazole rings is 1. The van der Waals surface area contributed by atoms with Crippen LogP contribution in [-0.2, 0) is 27.3 Å². The quantitative estimate of drug-likeness (QED) is 0.275. The topological polar surface area (TPSA) is 133 Å². The first-order valence-corrected chi connectivity index (χ1v) is 14.2. The summed E-state index contributed by atoms with van der Waals surface area (Å²) in [6, 6.07) is 4.31. The molecule has 2 aliphatic carbocycles. The van der Waals surface area contributed by atoms with Gasteiger partial charge in [-0.25, -0.2) is 9.50 Å². The Morgan fingerprint density at radius 1 is 1.19 bits per heavy atom. The molecule has 2 saturated carbocycles. The van der Waals surface area contributed by atoms with Crippen molar-refractivity contribution in [1.29, 1.82) is 0 Å². The summed E-state index contributed by atoms with van der Waals surface area (Å²) >= 11 is 0. The molecule has 3 aromatic rings. The van der Waals surface area contributed by atoms with Crippen molar-refractivity contribution in [2.45, 2.75) is 57.8 Å². The van der Waals surface area contributed by atoms with Crippen LogP contribution in [0.3, 0.4) is 0 Å². The number of carbonyl (C=O) groups is 3. The van der Waals surface area contributed by atoms with Crippen LogP contribution < -0.4 is 10.6 Å². The number of hydrogen-bond acceptors (Lipinski definition) is 7. The van der Waals surface area contributed by atoms with Crippen LogP contribution in [0.15, 0.2) is 30.6 Å². The molecule has 224 valence electrons. The van der Waals surface area contributed by atoms with Crippen LogP contribution in [-0.4, -0.2) is 62.0 Å². The zero-order valence-corrected chi connectivity index (χ0v) is 23.2. The van der Waals surface area contributed by atoms with E-state index in [9.17, 15) is 27.6 Å². The lowest BCUT2D eigenvalue weighted by atomic mass is 9.73. The first kappa shape index (κ1) is 28.2. The van der Waals surface area contributed by atoms with E-state index in [1.165, 1.54) is 10.6 Å². The number of amides is 2. The minimum atomic E-state index is -4.82. The van der Waals surface area contributed by atoms with Gasteiger partial charge in [0, 0.05) is 25.7 Å². The van der Waals surface area contributed by atoms with E-state index >= 15 is 0 Å². The molecule has 1 saturated heterocycles. The second kappa shape index (κ2) is 10.4. The molecule has 6 rings (SSSR count). The number of halogens is 3. The Kier molecular flexibility index (Phi) is 6.97. The SMILES string of the molecule is CCn1nccc1C(=O)N[C@H](c1cn2nc(CC3(C(=O)OC)C(=O)NCC3C(F)(F)F)ccc2n1)C(C1CC1)C1CC1. The normalized spacial score (nSPS) is 23.3. The number of fused-ring (bicyclic) bond motifs is 1. The van der Waals surface area contributed by atoms with Crippen molar-refractivity contribution in [1.82, 2.24) is 35.0 Å². The average Bonchev–Trinajstić information content (AvgIpc) is 3.85. The van der Waals surface area contributed by atoms with E-state index in [4.69, 9.17) is 9.72 Å². The fourth-order valence-corrected chi connectivity index (χ4v) is 6.49. The summed E-state index contributed by atoms with van der Waals surface area (Å²) in [5.74, 6) is -3.72. The summed E-state index contributed by atoms with van der Waals surface area (Å²) in [5, 5.41) is 14.1. The third-order valence-electron chi connectivity index (χ3n) is 8.84. The zero-order chi connectivity index (χ0) is 29.8. The van der Waals surface area contributed by atoms with Gasteiger partial charge in [-0.05, 0) is 68.6 Å². The summed E-state index contributed by atoms with van der Waals surface area (Å²) in [5.41, 5.74) is -0.948. The van der Waals surface area contributed by atoms with Crippen molar-refractivity contribution in [2.75, 3.05) is 13.7 Å². The van der Waals surface area contributed by atoms with Gasteiger partial charge < -0.3 is 15.4 Å².